The molecule has 0 spiro atoms. The molecule has 0 unspecified atom stereocenters. The molecule has 190 valence electrons. The Balaban J connectivity index is 1.51. The first-order valence-electron chi connectivity index (χ1n) is 12.3. The molecular weight excluding hydrogens is 499 g/mol. The summed E-state index contributed by atoms with van der Waals surface area (Å²) in [6.07, 6.45) is 12.4. The number of nitrogens with zero attached hydrogens (tertiary/aromatic N) is 4. The molecule has 2 N–H and O–H groups in total. The molecule has 1 aliphatic rings. The first kappa shape index (κ1) is 24.8. The maximum Gasteiger partial charge on any atom is 0.228 e. The molecule has 3 heterocycles. The van der Waals surface area contributed by atoms with E-state index in [2.05, 4.69) is 52.3 Å². The molecule has 1 saturated carbocycles. The van der Waals surface area contributed by atoms with Crippen molar-refractivity contribution in [1.29, 1.82) is 0 Å². The van der Waals surface area contributed by atoms with Gasteiger partial charge in [0.15, 0.2) is 17.3 Å². The molecule has 1 aliphatic carbocycles. The van der Waals surface area contributed by atoms with Crippen LogP contribution in [-0.4, -0.2) is 53.5 Å². The number of imidazole rings is 1. The number of anilines is 1. The van der Waals surface area contributed by atoms with Gasteiger partial charge in [0.05, 0.1) is 34.8 Å². The summed E-state index contributed by atoms with van der Waals surface area (Å²) in [7, 11) is -0.735. The molecule has 0 atom stereocenters. The number of amides is 1. The number of fused-ring (bicyclic) bond motifs is 2. The summed E-state index contributed by atoms with van der Waals surface area (Å²) < 4.78 is 17.4. The maximum atomic E-state index is 15.6. The molecule has 1 fully saturated rings. The highest BCUT2D eigenvalue weighted by Crippen LogP contribution is 2.47. The van der Waals surface area contributed by atoms with Crippen LogP contribution < -0.4 is 5.32 Å². The Morgan fingerprint density at radius 2 is 2.00 bits per heavy atom. The monoisotopic (exact) mass is 528 g/mol. The van der Waals surface area contributed by atoms with Crippen molar-refractivity contribution >= 4 is 56.0 Å². The third-order valence-corrected chi connectivity index (χ3v) is 12.1. The van der Waals surface area contributed by atoms with Gasteiger partial charge in [0.1, 0.15) is 0 Å². The Morgan fingerprint density at radius 3 is 2.69 bits per heavy atom. The maximum absolute atomic E-state index is 15.6. The largest absolute Gasteiger partial charge is 0.309 e. The van der Waals surface area contributed by atoms with E-state index >= 15 is 4.39 Å². The lowest BCUT2D eigenvalue weighted by Gasteiger charge is -2.36. The van der Waals surface area contributed by atoms with Gasteiger partial charge in [-0.05, 0) is 35.9 Å². The van der Waals surface area contributed by atoms with Gasteiger partial charge in [-0.3, -0.25) is 14.9 Å². The number of aromatic amines is 1. The number of rotatable bonds is 9. The average molecular weight is 529 g/mol. The lowest BCUT2D eigenvalue weighted by atomic mass is 10.0. The summed E-state index contributed by atoms with van der Waals surface area (Å²) in [6.45, 7) is 6.72. The van der Waals surface area contributed by atoms with Crippen molar-refractivity contribution in [3.05, 3.63) is 47.3 Å². The van der Waals surface area contributed by atoms with Crippen LogP contribution in [0.5, 0.6) is 0 Å². The third kappa shape index (κ3) is 4.50. The molecule has 7 nitrogen and oxygen atoms in total. The van der Waals surface area contributed by atoms with E-state index in [-0.39, 0.29) is 16.8 Å². The zero-order valence-corrected chi connectivity index (χ0v) is 22.2. The first-order chi connectivity index (χ1) is 17.4. The molecule has 5 rings (SSSR count). The topological polar surface area (TPSA) is 88.0 Å². The Bertz CT molecular complexity index is 1460. The Morgan fingerprint density at radius 1 is 1.25 bits per heavy atom. The highest BCUT2D eigenvalue weighted by Gasteiger charge is 2.30. The minimum Gasteiger partial charge on any atom is -0.309 e. The lowest BCUT2D eigenvalue weighted by Crippen LogP contribution is -2.13. The predicted octanol–water partition coefficient (Wildman–Crippen LogP) is 6.29. The summed E-state index contributed by atoms with van der Waals surface area (Å²) in [4.78, 5) is 21.0. The second kappa shape index (κ2) is 9.86. The number of halogens is 2. The van der Waals surface area contributed by atoms with Crippen molar-refractivity contribution in [3.63, 3.8) is 0 Å². The first-order valence-corrected chi connectivity index (χ1v) is 15.0. The van der Waals surface area contributed by atoms with Crippen molar-refractivity contribution in [2.45, 2.75) is 33.6 Å². The Kier molecular flexibility index (Phi) is 6.78. The van der Waals surface area contributed by atoms with Crippen LogP contribution in [0.25, 0.3) is 33.9 Å². The Labute approximate surface area is 215 Å². The van der Waals surface area contributed by atoms with E-state index in [1.54, 1.807) is 29.2 Å². The summed E-state index contributed by atoms with van der Waals surface area (Å²) in [5.74, 6) is 4.42. The molecule has 1 aromatic carbocycles. The molecular formula is C26H30ClFN6OS. The number of nitrogens with one attached hydrogen (secondary N) is 2. The fourth-order valence-electron chi connectivity index (χ4n) is 4.54. The van der Waals surface area contributed by atoms with Gasteiger partial charge in [-0.2, -0.15) is 5.10 Å². The highest BCUT2D eigenvalue weighted by atomic mass is 35.5. The van der Waals surface area contributed by atoms with E-state index in [1.165, 1.54) is 0 Å². The number of aromatic nitrogens is 5. The van der Waals surface area contributed by atoms with Crippen molar-refractivity contribution < 1.29 is 9.18 Å². The lowest BCUT2D eigenvalue weighted by molar-refractivity contribution is -0.117. The molecule has 0 aliphatic heterocycles. The fourth-order valence-corrected chi connectivity index (χ4v) is 7.28. The van der Waals surface area contributed by atoms with Gasteiger partial charge in [0, 0.05) is 28.6 Å². The van der Waals surface area contributed by atoms with E-state index in [4.69, 9.17) is 11.6 Å². The minimum atomic E-state index is -0.735. The van der Waals surface area contributed by atoms with Crippen LogP contribution in [0.2, 0.25) is 5.02 Å². The van der Waals surface area contributed by atoms with Crippen molar-refractivity contribution in [2.75, 3.05) is 28.3 Å². The summed E-state index contributed by atoms with van der Waals surface area (Å²) in [5, 5.41) is 10.7. The van der Waals surface area contributed by atoms with E-state index < -0.39 is 15.8 Å². The number of benzene rings is 1. The summed E-state index contributed by atoms with van der Waals surface area (Å²) in [5.41, 5.74) is 2.50. The van der Waals surface area contributed by atoms with E-state index in [1.807, 2.05) is 6.08 Å². The van der Waals surface area contributed by atoms with Crippen molar-refractivity contribution in [3.8, 4) is 11.3 Å². The van der Waals surface area contributed by atoms with Gasteiger partial charge in [-0.15, -0.1) is 0 Å². The molecule has 0 radical (unpaired) electrons. The van der Waals surface area contributed by atoms with E-state index in [9.17, 15) is 4.79 Å². The van der Waals surface area contributed by atoms with Crippen molar-refractivity contribution in [1.82, 2.24) is 24.6 Å². The molecule has 0 bridgehead atoms. The fraction of sp³-hybridized carbons (Fsp3) is 0.385. The number of hydrogen-bond donors (Lipinski definition) is 2. The SMILES string of the molecule is CCS(CC)(CC)C/C=C/c1c(F)c(Cl)c(-c2cn3cc(NC(=O)C4CC4)nc3cn2)c2cn[nH]c12. The van der Waals surface area contributed by atoms with Crippen LogP contribution in [0.1, 0.15) is 39.2 Å². The normalized spacial score (nSPS) is 14.8. The Hall–Kier alpha value is -2.91. The quantitative estimate of drug-likeness (QED) is 0.267. The van der Waals surface area contributed by atoms with Crippen LogP contribution in [0.4, 0.5) is 10.2 Å². The van der Waals surface area contributed by atoms with Crippen LogP contribution >= 0.6 is 21.6 Å². The average Bonchev–Trinajstić information content (AvgIpc) is 3.51. The second-order valence-corrected chi connectivity index (χ2v) is 14.1. The van der Waals surface area contributed by atoms with Crippen LogP contribution in [0.15, 0.2) is 30.9 Å². The standard InChI is InChI=1S/C26H30ClFN6OS/c1-4-36(5-2,6-3)11-7-8-17-24(28)23(27)22(18-12-30-33-25(17)18)19-14-34-15-20(31-21(34)13-29-19)32-26(35)16-9-10-16/h7-8,12-16H,4-6,9-11H2,1-3H3,(H,30,33)(H,32,35)/b8-7+. The number of carbonyl (C=O) groups is 1. The van der Waals surface area contributed by atoms with E-state index in [0.29, 0.717) is 39.2 Å². The number of carbonyl (C=O) groups excluding carboxylic acids is 1. The zero-order chi connectivity index (χ0) is 25.4. The van der Waals surface area contributed by atoms with Crippen LogP contribution in [0, 0.1) is 11.7 Å². The molecule has 10 heteroatoms. The van der Waals surface area contributed by atoms with Crippen LogP contribution in [-0.2, 0) is 4.79 Å². The van der Waals surface area contributed by atoms with E-state index in [0.717, 1.165) is 35.9 Å². The molecule has 4 aromatic rings. The van der Waals surface area contributed by atoms with Gasteiger partial charge in [-0.25, -0.2) is 19.4 Å². The van der Waals surface area contributed by atoms with Gasteiger partial charge in [0.25, 0.3) is 0 Å². The minimum absolute atomic E-state index is 0.00198. The molecule has 36 heavy (non-hydrogen) atoms. The number of H-pyrrole nitrogens is 1. The zero-order valence-electron chi connectivity index (χ0n) is 20.6. The highest BCUT2D eigenvalue weighted by molar-refractivity contribution is 8.33. The molecule has 1 amide bonds. The molecule has 0 saturated heterocycles. The molecule has 3 aromatic heterocycles. The van der Waals surface area contributed by atoms with Crippen LogP contribution in [0.3, 0.4) is 0 Å². The smallest absolute Gasteiger partial charge is 0.228 e. The van der Waals surface area contributed by atoms with Gasteiger partial charge < -0.3 is 9.72 Å². The third-order valence-electron chi connectivity index (χ3n) is 7.20. The van der Waals surface area contributed by atoms with Crippen molar-refractivity contribution in [2.24, 2.45) is 5.92 Å². The van der Waals surface area contributed by atoms with Gasteiger partial charge in [0.2, 0.25) is 5.91 Å². The number of hydrogen-bond acceptors (Lipinski definition) is 4. The summed E-state index contributed by atoms with van der Waals surface area (Å²) in [6, 6.07) is 0. The summed E-state index contributed by atoms with van der Waals surface area (Å²) >= 11 is 6.62. The second-order valence-electron chi connectivity index (χ2n) is 9.16. The van der Waals surface area contributed by atoms with Gasteiger partial charge in [-0.1, -0.05) is 44.5 Å². The van der Waals surface area contributed by atoms with Gasteiger partial charge >= 0.3 is 0 Å². The predicted molar refractivity (Wildman–Crippen MR) is 148 cm³/mol.